The molecule has 2 heterocycles. The molecule has 1 saturated carbocycles. The van der Waals surface area contributed by atoms with Gasteiger partial charge in [-0.2, -0.15) is 4.31 Å². The maximum Gasteiger partial charge on any atom is 0.244 e. The summed E-state index contributed by atoms with van der Waals surface area (Å²) in [6.07, 6.45) is 7.55. The summed E-state index contributed by atoms with van der Waals surface area (Å²) in [6, 6.07) is 5.49. The van der Waals surface area contributed by atoms with Crippen LogP contribution in [0.2, 0.25) is 5.15 Å². The Morgan fingerprint density at radius 2 is 1.96 bits per heavy atom. The van der Waals surface area contributed by atoms with Gasteiger partial charge in [0.15, 0.2) is 0 Å². The van der Waals surface area contributed by atoms with Crippen LogP contribution in [0.3, 0.4) is 0 Å². The Bertz CT molecular complexity index is 942. The minimum atomic E-state index is -3.60. The van der Waals surface area contributed by atoms with E-state index >= 15 is 0 Å². The molecule has 7 heteroatoms. The van der Waals surface area contributed by atoms with Gasteiger partial charge >= 0.3 is 0 Å². The number of aromatic nitrogens is 1. The predicted octanol–water partition coefficient (Wildman–Crippen LogP) is 3.92. The second-order valence-corrected chi connectivity index (χ2v) is 9.90. The first-order chi connectivity index (χ1) is 13.0. The molecule has 1 aromatic heterocycles. The van der Waals surface area contributed by atoms with Crippen LogP contribution in [-0.2, 0) is 10.0 Å². The van der Waals surface area contributed by atoms with Crippen LogP contribution in [0.5, 0.6) is 0 Å². The third kappa shape index (κ3) is 3.48. The molecule has 0 amide bonds. The van der Waals surface area contributed by atoms with Gasteiger partial charge in [0.25, 0.3) is 0 Å². The second kappa shape index (κ2) is 7.66. The number of nitrogens with zero attached hydrogens (tertiary/aromatic N) is 2. The molecular formula is C20H26ClN3O2S. The Balaban J connectivity index is 1.86. The number of hydrogen-bond donors (Lipinski definition) is 1. The summed E-state index contributed by atoms with van der Waals surface area (Å²) in [5.41, 5.74) is 1.15. The van der Waals surface area contributed by atoms with Crippen molar-refractivity contribution in [2.75, 3.05) is 19.6 Å². The Labute approximate surface area is 166 Å². The lowest BCUT2D eigenvalue weighted by atomic mass is 9.82. The predicted molar refractivity (Wildman–Crippen MR) is 109 cm³/mol. The van der Waals surface area contributed by atoms with Crippen molar-refractivity contribution in [3.05, 3.63) is 35.1 Å². The molecule has 5 nitrogen and oxygen atoms in total. The van der Waals surface area contributed by atoms with Crippen molar-refractivity contribution in [2.24, 2.45) is 0 Å². The van der Waals surface area contributed by atoms with Crippen LogP contribution in [0.1, 0.15) is 50.5 Å². The number of sulfonamides is 1. The van der Waals surface area contributed by atoms with Crippen LogP contribution in [0, 0.1) is 0 Å². The Morgan fingerprint density at radius 1 is 1.19 bits per heavy atom. The first kappa shape index (κ1) is 19.1. The van der Waals surface area contributed by atoms with E-state index < -0.39 is 10.0 Å². The number of piperazine rings is 1. The third-order valence-corrected chi connectivity index (χ3v) is 8.30. The first-order valence-electron chi connectivity index (χ1n) is 9.80. The van der Waals surface area contributed by atoms with E-state index in [1.807, 2.05) is 13.0 Å². The van der Waals surface area contributed by atoms with Gasteiger partial charge in [-0.1, -0.05) is 36.9 Å². The first-order valence-corrected chi connectivity index (χ1v) is 11.6. The summed E-state index contributed by atoms with van der Waals surface area (Å²) >= 11 is 6.49. The minimum Gasteiger partial charge on any atom is -0.314 e. The summed E-state index contributed by atoms with van der Waals surface area (Å²) in [7, 11) is -3.60. The summed E-state index contributed by atoms with van der Waals surface area (Å²) in [5.74, 6) is 0.429. The highest BCUT2D eigenvalue weighted by atomic mass is 35.5. The van der Waals surface area contributed by atoms with Gasteiger partial charge in [0, 0.05) is 42.6 Å². The topological polar surface area (TPSA) is 62.3 Å². The van der Waals surface area contributed by atoms with Crippen molar-refractivity contribution in [1.82, 2.24) is 14.6 Å². The highest BCUT2D eigenvalue weighted by Crippen LogP contribution is 2.40. The van der Waals surface area contributed by atoms with Gasteiger partial charge in [0.05, 0.1) is 4.90 Å². The van der Waals surface area contributed by atoms with Crippen LogP contribution in [0.15, 0.2) is 29.3 Å². The molecule has 1 unspecified atom stereocenters. The molecule has 0 spiro atoms. The molecule has 1 aromatic carbocycles. The van der Waals surface area contributed by atoms with Gasteiger partial charge in [-0.25, -0.2) is 13.4 Å². The fourth-order valence-corrected chi connectivity index (χ4v) is 6.63. The zero-order valence-corrected chi connectivity index (χ0v) is 17.2. The van der Waals surface area contributed by atoms with Crippen LogP contribution in [0.25, 0.3) is 10.8 Å². The molecule has 1 N–H and O–H groups in total. The van der Waals surface area contributed by atoms with E-state index in [0.717, 1.165) is 23.8 Å². The summed E-state index contributed by atoms with van der Waals surface area (Å²) in [6.45, 7) is 3.76. The van der Waals surface area contributed by atoms with Gasteiger partial charge in [0.2, 0.25) is 10.0 Å². The Morgan fingerprint density at radius 3 is 2.70 bits per heavy atom. The van der Waals surface area contributed by atoms with Gasteiger partial charge in [0.1, 0.15) is 5.15 Å². The molecular weight excluding hydrogens is 382 g/mol. The molecule has 27 heavy (non-hydrogen) atoms. The molecule has 2 aromatic rings. The average Bonchev–Trinajstić information content (AvgIpc) is 2.68. The van der Waals surface area contributed by atoms with Gasteiger partial charge in [-0.3, -0.25) is 0 Å². The fourth-order valence-electron chi connectivity index (χ4n) is 4.54. The van der Waals surface area contributed by atoms with Crippen molar-refractivity contribution in [1.29, 1.82) is 0 Å². The second-order valence-electron chi connectivity index (χ2n) is 7.68. The highest BCUT2D eigenvalue weighted by Gasteiger charge is 2.33. The number of hydrogen-bond acceptors (Lipinski definition) is 4. The summed E-state index contributed by atoms with van der Waals surface area (Å²) in [5, 5.41) is 5.16. The highest BCUT2D eigenvalue weighted by molar-refractivity contribution is 7.89. The van der Waals surface area contributed by atoms with E-state index in [9.17, 15) is 8.42 Å². The fraction of sp³-hybridized carbons (Fsp3) is 0.550. The number of fused-ring (bicyclic) bond motifs is 1. The normalized spacial score (nSPS) is 23.0. The zero-order valence-electron chi connectivity index (χ0n) is 15.6. The quantitative estimate of drug-likeness (QED) is 0.783. The minimum absolute atomic E-state index is 0.0749. The lowest BCUT2D eigenvalue weighted by molar-refractivity contribution is 0.284. The largest absolute Gasteiger partial charge is 0.314 e. The molecule has 2 aliphatic rings. The average molecular weight is 408 g/mol. The standard InChI is InChI=1S/C20H26ClN3O2S/c1-14-13-22-11-12-24(14)27(25,26)18-8-7-16(15-5-3-2-4-6-15)19-17(18)9-10-23-20(19)21/h7-10,14-15,22H,2-6,11-13H2,1H3. The molecule has 1 atom stereocenters. The molecule has 1 aliphatic heterocycles. The van der Waals surface area contributed by atoms with E-state index in [0.29, 0.717) is 41.0 Å². The number of halogens is 1. The zero-order chi connectivity index (χ0) is 19.0. The lowest BCUT2D eigenvalue weighted by Crippen LogP contribution is -2.52. The van der Waals surface area contributed by atoms with Gasteiger partial charge in [-0.05, 0) is 43.4 Å². The molecule has 2 fully saturated rings. The van der Waals surface area contributed by atoms with Crippen molar-refractivity contribution in [3.8, 4) is 0 Å². The number of nitrogens with one attached hydrogen (secondary N) is 1. The smallest absolute Gasteiger partial charge is 0.244 e. The van der Waals surface area contributed by atoms with E-state index in [2.05, 4.69) is 10.3 Å². The molecule has 146 valence electrons. The van der Waals surface area contributed by atoms with E-state index in [-0.39, 0.29) is 6.04 Å². The van der Waals surface area contributed by atoms with Crippen LogP contribution < -0.4 is 5.32 Å². The molecule has 4 rings (SSSR count). The third-order valence-electron chi connectivity index (χ3n) is 5.95. The monoisotopic (exact) mass is 407 g/mol. The van der Waals surface area contributed by atoms with Gasteiger partial charge in [-0.15, -0.1) is 0 Å². The SMILES string of the molecule is CC1CNCCN1S(=O)(=O)c1ccc(C2CCCCC2)c2c(Cl)nccc12. The molecule has 1 aliphatic carbocycles. The summed E-state index contributed by atoms with van der Waals surface area (Å²) < 4.78 is 28.5. The van der Waals surface area contributed by atoms with E-state index in [1.165, 1.54) is 19.3 Å². The van der Waals surface area contributed by atoms with Crippen molar-refractivity contribution >= 4 is 32.4 Å². The van der Waals surface area contributed by atoms with Crippen LogP contribution >= 0.6 is 11.6 Å². The molecule has 0 bridgehead atoms. The maximum absolute atomic E-state index is 13.4. The van der Waals surface area contributed by atoms with Crippen molar-refractivity contribution < 1.29 is 8.42 Å². The number of benzene rings is 1. The molecule has 1 saturated heterocycles. The Kier molecular flexibility index (Phi) is 5.43. The van der Waals surface area contributed by atoms with Crippen molar-refractivity contribution in [3.63, 3.8) is 0 Å². The van der Waals surface area contributed by atoms with Crippen molar-refractivity contribution in [2.45, 2.75) is 55.9 Å². The summed E-state index contributed by atoms with van der Waals surface area (Å²) in [4.78, 5) is 4.60. The van der Waals surface area contributed by atoms with Crippen LogP contribution in [0.4, 0.5) is 0 Å². The van der Waals surface area contributed by atoms with Crippen LogP contribution in [-0.4, -0.2) is 43.4 Å². The maximum atomic E-state index is 13.4. The van der Waals surface area contributed by atoms with E-state index in [1.54, 1.807) is 22.6 Å². The number of rotatable bonds is 3. The Hall–Kier alpha value is -1.21. The lowest BCUT2D eigenvalue weighted by Gasteiger charge is -2.33. The van der Waals surface area contributed by atoms with Gasteiger partial charge < -0.3 is 5.32 Å². The van der Waals surface area contributed by atoms with E-state index in [4.69, 9.17) is 11.6 Å². The number of pyridine rings is 1. The molecule has 0 radical (unpaired) electrons.